The van der Waals surface area contributed by atoms with Crippen LogP contribution in [0.4, 0.5) is 10.5 Å². The molecule has 0 saturated carbocycles. The van der Waals surface area contributed by atoms with Gasteiger partial charge in [0.2, 0.25) is 0 Å². The fraction of sp³-hybridized carbons (Fsp3) is 0.364. The number of ether oxygens (including phenoxy) is 2. The van der Waals surface area contributed by atoms with Gasteiger partial charge in [-0.05, 0) is 63.2 Å². The molecule has 1 atom stereocenters. The molecule has 31 heavy (non-hydrogen) atoms. The lowest BCUT2D eigenvalue weighted by molar-refractivity contribution is 0.1000. The number of halogens is 1. The maximum Gasteiger partial charge on any atom is 0.339 e. The number of hydrogen-bond acceptors (Lipinski definition) is 6. The van der Waals surface area contributed by atoms with E-state index in [0.29, 0.717) is 34.3 Å². The summed E-state index contributed by atoms with van der Waals surface area (Å²) in [6, 6.07) is 11.4. The van der Waals surface area contributed by atoms with E-state index in [2.05, 4.69) is 21.2 Å². The normalized spacial score (nSPS) is 12.5. The number of aliphatic hydroxyl groups excluding tert-OH is 1. The van der Waals surface area contributed by atoms with Gasteiger partial charge in [0.15, 0.2) is 0 Å². The Morgan fingerprint density at radius 3 is 2.58 bits per heavy atom. The largest absolute Gasteiger partial charge is 0.497 e. The van der Waals surface area contributed by atoms with Crippen molar-refractivity contribution >= 4 is 29.5 Å². The summed E-state index contributed by atoms with van der Waals surface area (Å²) in [5.41, 5.74) is 3.45. The molecule has 168 valence electrons. The number of hydrogen-bond donors (Lipinski definition) is 4. The van der Waals surface area contributed by atoms with Crippen LogP contribution in [-0.4, -0.2) is 49.3 Å². The van der Waals surface area contributed by atoms with Crippen LogP contribution in [0.5, 0.6) is 11.5 Å². The van der Waals surface area contributed by atoms with E-state index in [1.165, 1.54) is 6.21 Å². The molecule has 0 aliphatic heterocycles. The van der Waals surface area contributed by atoms with Crippen molar-refractivity contribution in [3.63, 3.8) is 0 Å². The molecule has 2 amide bonds. The van der Waals surface area contributed by atoms with Crippen LogP contribution in [-0.2, 0) is 0 Å². The van der Waals surface area contributed by atoms with Crippen LogP contribution < -0.4 is 25.5 Å². The van der Waals surface area contributed by atoms with Crippen molar-refractivity contribution in [2.75, 3.05) is 25.6 Å². The predicted molar refractivity (Wildman–Crippen MR) is 123 cm³/mol. The smallest absolute Gasteiger partial charge is 0.339 e. The molecule has 0 radical (unpaired) electrons. The van der Waals surface area contributed by atoms with Crippen LogP contribution in [0.1, 0.15) is 26.3 Å². The maximum atomic E-state index is 12.0. The first-order chi connectivity index (χ1) is 14.7. The quantitative estimate of drug-likeness (QED) is 0.346. The van der Waals surface area contributed by atoms with Gasteiger partial charge in [0.1, 0.15) is 24.2 Å². The third kappa shape index (κ3) is 9.25. The van der Waals surface area contributed by atoms with Crippen LogP contribution in [0.3, 0.4) is 0 Å². The van der Waals surface area contributed by atoms with Crippen LogP contribution in [0.15, 0.2) is 47.6 Å². The Labute approximate surface area is 187 Å². The molecule has 2 rings (SSSR count). The van der Waals surface area contributed by atoms with Gasteiger partial charge in [-0.25, -0.2) is 10.2 Å². The Kier molecular flexibility index (Phi) is 9.11. The minimum Gasteiger partial charge on any atom is -0.497 e. The lowest BCUT2D eigenvalue weighted by Crippen LogP contribution is -2.42. The number of anilines is 1. The monoisotopic (exact) mass is 448 g/mol. The molecule has 0 spiro atoms. The van der Waals surface area contributed by atoms with Gasteiger partial charge in [0.05, 0.1) is 13.3 Å². The number of β-amino-alcohol motifs (C(OH)–C–C–N with tert-alkyl or cyclic N) is 1. The second kappa shape index (κ2) is 11.5. The van der Waals surface area contributed by atoms with E-state index in [0.717, 1.165) is 0 Å². The van der Waals surface area contributed by atoms with E-state index in [9.17, 15) is 9.90 Å². The van der Waals surface area contributed by atoms with E-state index in [1.54, 1.807) is 49.6 Å². The highest BCUT2D eigenvalue weighted by atomic mass is 35.5. The fourth-order valence-corrected chi connectivity index (χ4v) is 2.59. The highest BCUT2D eigenvalue weighted by molar-refractivity contribution is 6.30. The molecule has 0 aliphatic carbocycles. The highest BCUT2D eigenvalue weighted by Gasteiger charge is 2.13. The van der Waals surface area contributed by atoms with E-state index in [-0.39, 0.29) is 12.1 Å². The number of rotatable bonds is 9. The van der Waals surface area contributed by atoms with Crippen LogP contribution in [0, 0.1) is 0 Å². The second-order valence-corrected chi connectivity index (χ2v) is 8.27. The first-order valence-electron chi connectivity index (χ1n) is 9.76. The molecule has 0 bridgehead atoms. The van der Waals surface area contributed by atoms with Gasteiger partial charge in [-0.15, -0.1) is 0 Å². The van der Waals surface area contributed by atoms with E-state index < -0.39 is 12.1 Å². The molecule has 8 nitrogen and oxygen atoms in total. The Morgan fingerprint density at radius 2 is 1.94 bits per heavy atom. The predicted octanol–water partition coefficient (Wildman–Crippen LogP) is 3.63. The first kappa shape index (κ1) is 24.5. The second-order valence-electron chi connectivity index (χ2n) is 7.83. The maximum absolute atomic E-state index is 12.0. The summed E-state index contributed by atoms with van der Waals surface area (Å²) in [6.45, 7) is 6.55. The third-order valence-electron chi connectivity index (χ3n) is 3.99. The van der Waals surface area contributed by atoms with Gasteiger partial charge in [0, 0.05) is 28.4 Å². The number of hydrazone groups is 1. The number of methoxy groups -OCH3 is 1. The highest BCUT2D eigenvalue weighted by Crippen LogP contribution is 2.21. The van der Waals surface area contributed by atoms with Crippen molar-refractivity contribution in [3.05, 3.63) is 53.1 Å². The summed E-state index contributed by atoms with van der Waals surface area (Å²) >= 11 is 6.07. The number of nitrogens with one attached hydrogen (secondary N) is 3. The fourth-order valence-electron chi connectivity index (χ4n) is 2.41. The van der Waals surface area contributed by atoms with E-state index in [4.69, 9.17) is 21.1 Å². The SMILES string of the molecule is COc1ccc(NC(=O)N/N=C/c2cc(Cl)ccc2OCC(O)CNC(C)(C)C)cc1. The molecule has 2 aromatic carbocycles. The number of urea groups is 1. The molecule has 0 fully saturated rings. The van der Waals surface area contributed by atoms with Gasteiger partial charge in [0.25, 0.3) is 0 Å². The van der Waals surface area contributed by atoms with Gasteiger partial charge in [-0.2, -0.15) is 5.10 Å². The van der Waals surface area contributed by atoms with Gasteiger partial charge in [-0.1, -0.05) is 11.6 Å². The van der Waals surface area contributed by atoms with Gasteiger partial charge in [-0.3, -0.25) is 0 Å². The Balaban J connectivity index is 1.91. The van der Waals surface area contributed by atoms with Crippen molar-refractivity contribution in [3.8, 4) is 11.5 Å². The summed E-state index contributed by atoms with van der Waals surface area (Å²) < 4.78 is 10.8. The average molecular weight is 449 g/mol. The summed E-state index contributed by atoms with van der Waals surface area (Å²) in [5, 5.41) is 20.4. The molecule has 9 heteroatoms. The van der Waals surface area contributed by atoms with Crippen molar-refractivity contribution in [2.45, 2.75) is 32.4 Å². The van der Waals surface area contributed by atoms with Crippen molar-refractivity contribution < 1.29 is 19.4 Å². The molecule has 4 N–H and O–H groups in total. The average Bonchev–Trinajstić information content (AvgIpc) is 2.71. The summed E-state index contributed by atoms with van der Waals surface area (Å²) in [7, 11) is 1.57. The minimum atomic E-state index is -0.687. The molecule has 1 unspecified atom stereocenters. The van der Waals surface area contributed by atoms with Crippen molar-refractivity contribution in [1.29, 1.82) is 0 Å². The lowest BCUT2D eigenvalue weighted by Gasteiger charge is -2.23. The topological polar surface area (TPSA) is 104 Å². The van der Waals surface area contributed by atoms with Crippen LogP contribution in [0.25, 0.3) is 0 Å². The van der Waals surface area contributed by atoms with E-state index >= 15 is 0 Å². The van der Waals surface area contributed by atoms with Crippen molar-refractivity contribution in [2.24, 2.45) is 5.10 Å². The van der Waals surface area contributed by atoms with Gasteiger partial charge < -0.3 is 25.2 Å². The number of nitrogens with zero attached hydrogens (tertiary/aromatic N) is 1. The summed E-state index contributed by atoms with van der Waals surface area (Å²) in [4.78, 5) is 12.0. The zero-order valence-corrected chi connectivity index (χ0v) is 18.9. The zero-order valence-electron chi connectivity index (χ0n) is 18.1. The summed E-state index contributed by atoms with van der Waals surface area (Å²) in [6.07, 6.45) is 0.738. The van der Waals surface area contributed by atoms with Crippen molar-refractivity contribution in [1.82, 2.24) is 10.7 Å². The Morgan fingerprint density at radius 1 is 1.23 bits per heavy atom. The Bertz CT molecular complexity index is 882. The molecule has 2 aromatic rings. The molecular weight excluding hydrogens is 420 g/mol. The first-order valence-corrected chi connectivity index (χ1v) is 10.1. The number of amides is 2. The molecule has 0 heterocycles. The molecule has 0 aliphatic rings. The number of aliphatic hydroxyl groups is 1. The van der Waals surface area contributed by atoms with Crippen LogP contribution in [0.2, 0.25) is 5.02 Å². The lowest BCUT2D eigenvalue weighted by atomic mass is 10.1. The number of carbonyl (C=O) groups is 1. The van der Waals surface area contributed by atoms with E-state index in [1.807, 2.05) is 20.8 Å². The number of carbonyl (C=O) groups excluding carboxylic acids is 1. The molecule has 0 aromatic heterocycles. The third-order valence-corrected chi connectivity index (χ3v) is 4.22. The summed E-state index contributed by atoms with van der Waals surface area (Å²) in [5.74, 6) is 1.18. The standard InChI is InChI=1S/C22H29ClN4O4/c1-22(2,3)24-13-18(28)14-31-20-10-5-16(23)11-15(20)12-25-27-21(29)26-17-6-8-19(30-4)9-7-17/h5-12,18,24,28H,13-14H2,1-4H3,(H2,26,27,29)/b25-12+. The molecule has 0 saturated heterocycles. The minimum absolute atomic E-state index is 0.0942. The molecular formula is C22H29ClN4O4. The van der Waals surface area contributed by atoms with Gasteiger partial charge >= 0.3 is 6.03 Å². The zero-order chi connectivity index (χ0) is 22.9. The Hall–Kier alpha value is -2.81. The van der Waals surface area contributed by atoms with Crippen LogP contribution >= 0.6 is 11.6 Å². The number of benzene rings is 2.